The van der Waals surface area contributed by atoms with Gasteiger partial charge in [-0.3, -0.25) is 4.68 Å². The summed E-state index contributed by atoms with van der Waals surface area (Å²) in [5.41, 5.74) is 1.57. The molecule has 6 nitrogen and oxygen atoms in total. The third kappa shape index (κ3) is 3.16. The number of rotatable bonds is 5. The zero-order valence-corrected chi connectivity index (χ0v) is 13.3. The Hall–Kier alpha value is -2.50. The number of aromatic nitrogens is 2. The van der Waals surface area contributed by atoms with Crippen LogP contribution in [0.1, 0.15) is 36.2 Å². The molecule has 1 aromatic carbocycles. The largest absolute Gasteiger partial charge is 0.493 e. The van der Waals surface area contributed by atoms with Gasteiger partial charge in [-0.15, -0.1) is 0 Å². The number of carboxylic acid groups (broad SMARTS) is 1. The van der Waals surface area contributed by atoms with E-state index >= 15 is 0 Å². The van der Waals surface area contributed by atoms with Gasteiger partial charge in [0, 0.05) is 12.6 Å². The van der Waals surface area contributed by atoms with Crippen molar-refractivity contribution in [1.29, 1.82) is 0 Å². The second kappa shape index (κ2) is 6.32. The Morgan fingerprint density at radius 3 is 2.61 bits per heavy atom. The molecule has 3 rings (SSSR count). The van der Waals surface area contributed by atoms with Crippen molar-refractivity contribution in [3.63, 3.8) is 0 Å². The molecule has 2 aromatic rings. The number of nitrogens with zero attached hydrogens (tertiary/aromatic N) is 2. The highest BCUT2D eigenvalue weighted by atomic mass is 16.5. The number of carbonyl (C=O) groups is 1. The number of aromatic carboxylic acids is 1. The summed E-state index contributed by atoms with van der Waals surface area (Å²) in [5, 5.41) is 13.0. The minimum atomic E-state index is -1.04. The Morgan fingerprint density at radius 1 is 1.26 bits per heavy atom. The number of benzene rings is 1. The van der Waals surface area contributed by atoms with E-state index in [4.69, 9.17) is 14.6 Å². The standard InChI is InChI=1S/C17H20N2O4/c1-19-14(10-13(18-19)17(20)21)11-7-8-15(16(9-11)22-2)23-12-5-3-4-6-12/h7-10,12H,3-6H2,1-2H3,(H,20,21). The van der Waals surface area contributed by atoms with Crippen molar-refractivity contribution >= 4 is 5.97 Å². The van der Waals surface area contributed by atoms with Gasteiger partial charge in [-0.05, 0) is 49.9 Å². The number of hydrogen-bond acceptors (Lipinski definition) is 4. The minimum absolute atomic E-state index is 0.0211. The maximum absolute atomic E-state index is 11.0. The fraction of sp³-hybridized carbons (Fsp3) is 0.412. The van der Waals surface area contributed by atoms with Gasteiger partial charge in [0.1, 0.15) is 0 Å². The lowest BCUT2D eigenvalue weighted by atomic mass is 10.1. The zero-order chi connectivity index (χ0) is 16.4. The summed E-state index contributed by atoms with van der Waals surface area (Å²) in [7, 11) is 3.32. The smallest absolute Gasteiger partial charge is 0.356 e. The summed E-state index contributed by atoms with van der Waals surface area (Å²) in [5.74, 6) is 0.330. The van der Waals surface area contributed by atoms with Crippen LogP contribution >= 0.6 is 0 Å². The molecule has 122 valence electrons. The van der Waals surface area contributed by atoms with Crippen LogP contribution in [0.15, 0.2) is 24.3 Å². The fourth-order valence-corrected chi connectivity index (χ4v) is 2.95. The van der Waals surface area contributed by atoms with E-state index in [-0.39, 0.29) is 11.8 Å². The van der Waals surface area contributed by atoms with Crippen molar-refractivity contribution in [2.45, 2.75) is 31.8 Å². The molecule has 0 spiro atoms. The van der Waals surface area contributed by atoms with Crippen LogP contribution in [0, 0.1) is 0 Å². The third-order valence-electron chi connectivity index (χ3n) is 4.15. The molecule has 0 saturated heterocycles. The van der Waals surface area contributed by atoms with Crippen molar-refractivity contribution in [2.24, 2.45) is 7.05 Å². The van der Waals surface area contributed by atoms with Gasteiger partial charge in [-0.25, -0.2) is 4.79 Å². The van der Waals surface area contributed by atoms with Crippen LogP contribution in [-0.2, 0) is 7.05 Å². The highest BCUT2D eigenvalue weighted by Gasteiger charge is 2.19. The van der Waals surface area contributed by atoms with Crippen molar-refractivity contribution in [1.82, 2.24) is 9.78 Å². The molecule has 1 aromatic heterocycles. The van der Waals surface area contributed by atoms with Crippen LogP contribution < -0.4 is 9.47 Å². The summed E-state index contributed by atoms with van der Waals surface area (Å²) in [6.07, 6.45) is 4.82. The van der Waals surface area contributed by atoms with Crippen LogP contribution in [-0.4, -0.2) is 34.1 Å². The highest BCUT2D eigenvalue weighted by molar-refractivity contribution is 5.87. The Balaban J connectivity index is 1.90. The van der Waals surface area contributed by atoms with Crippen molar-refractivity contribution < 1.29 is 19.4 Å². The number of carboxylic acids is 1. The molecule has 0 amide bonds. The number of aryl methyl sites for hydroxylation is 1. The molecule has 1 N–H and O–H groups in total. The first-order valence-corrected chi connectivity index (χ1v) is 7.71. The lowest BCUT2D eigenvalue weighted by Gasteiger charge is -2.16. The summed E-state index contributed by atoms with van der Waals surface area (Å²) in [6, 6.07) is 7.18. The van der Waals surface area contributed by atoms with Crippen LogP contribution in [0.25, 0.3) is 11.3 Å². The molecule has 1 aliphatic rings. The number of ether oxygens (including phenoxy) is 2. The van der Waals surface area contributed by atoms with Crippen LogP contribution in [0.2, 0.25) is 0 Å². The summed E-state index contributed by atoms with van der Waals surface area (Å²) in [6.45, 7) is 0. The predicted molar refractivity (Wildman–Crippen MR) is 85.0 cm³/mol. The van der Waals surface area contributed by atoms with E-state index in [9.17, 15) is 4.79 Å². The minimum Gasteiger partial charge on any atom is -0.493 e. The summed E-state index contributed by atoms with van der Waals surface area (Å²) < 4.78 is 13.0. The fourth-order valence-electron chi connectivity index (χ4n) is 2.95. The molecule has 1 heterocycles. The molecular weight excluding hydrogens is 296 g/mol. The lowest BCUT2D eigenvalue weighted by molar-refractivity contribution is 0.0689. The van der Waals surface area contributed by atoms with E-state index in [0.29, 0.717) is 11.4 Å². The predicted octanol–water partition coefficient (Wildman–Crippen LogP) is 3.12. The Morgan fingerprint density at radius 2 is 2.00 bits per heavy atom. The molecule has 0 atom stereocenters. The van der Waals surface area contributed by atoms with Gasteiger partial charge in [-0.2, -0.15) is 5.10 Å². The molecule has 23 heavy (non-hydrogen) atoms. The van der Waals surface area contributed by atoms with E-state index in [0.717, 1.165) is 24.2 Å². The van der Waals surface area contributed by atoms with Gasteiger partial charge in [0.15, 0.2) is 17.2 Å². The Bertz CT molecular complexity index is 717. The van der Waals surface area contributed by atoms with E-state index in [1.54, 1.807) is 24.9 Å². The average Bonchev–Trinajstić information content (AvgIpc) is 3.17. The zero-order valence-electron chi connectivity index (χ0n) is 13.3. The molecule has 0 radical (unpaired) electrons. The third-order valence-corrected chi connectivity index (χ3v) is 4.15. The van der Waals surface area contributed by atoms with Gasteiger partial charge >= 0.3 is 5.97 Å². The normalized spacial score (nSPS) is 14.9. The SMILES string of the molecule is COc1cc(-c2cc(C(=O)O)nn2C)ccc1OC1CCCC1. The Kier molecular flexibility index (Phi) is 4.23. The van der Waals surface area contributed by atoms with Crippen LogP contribution in [0.3, 0.4) is 0 Å². The number of methoxy groups -OCH3 is 1. The molecule has 1 saturated carbocycles. The molecule has 6 heteroatoms. The van der Waals surface area contributed by atoms with Crippen molar-refractivity contribution in [2.75, 3.05) is 7.11 Å². The maximum atomic E-state index is 11.0. The quantitative estimate of drug-likeness (QED) is 0.917. The first kappa shape index (κ1) is 15.4. The number of hydrogen-bond donors (Lipinski definition) is 1. The Labute approximate surface area is 134 Å². The second-order valence-corrected chi connectivity index (χ2v) is 5.73. The molecule has 0 bridgehead atoms. The first-order chi connectivity index (χ1) is 11.1. The monoisotopic (exact) mass is 316 g/mol. The topological polar surface area (TPSA) is 73.6 Å². The average molecular weight is 316 g/mol. The highest BCUT2D eigenvalue weighted by Crippen LogP contribution is 2.35. The molecule has 1 fully saturated rings. The summed E-state index contributed by atoms with van der Waals surface area (Å²) in [4.78, 5) is 11.0. The van der Waals surface area contributed by atoms with E-state index < -0.39 is 5.97 Å². The van der Waals surface area contributed by atoms with Gasteiger partial charge in [-0.1, -0.05) is 0 Å². The van der Waals surface area contributed by atoms with E-state index in [1.807, 2.05) is 18.2 Å². The molecular formula is C17H20N2O4. The van der Waals surface area contributed by atoms with E-state index in [2.05, 4.69) is 5.10 Å². The molecule has 1 aliphatic carbocycles. The van der Waals surface area contributed by atoms with Crippen LogP contribution in [0.5, 0.6) is 11.5 Å². The van der Waals surface area contributed by atoms with Gasteiger partial charge in [0.25, 0.3) is 0 Å². The van der Waals surface area contributed by atoms with Gasteiger partial charge in [0.05, 0.1) is 18.9 Å². The molecule has 0 aliphatic heterocycles. The van der Waals surface area contributed by atoms with E-state index in [1.165, 1.54) is 12.8 Å². The van der Waals surface area contributed by atoms with Crippen molar-refractivity contribution in [3.8, 4) is 22.8 Å². The molecule has 0 unspecified atom stereocenters. The van der Waals surface area contributed by atoms with Gasteiger partial charge in [0.2, 0.25) is 0 Å². The first-order valence-electron chi connectivity index (χ1n) is 7.71. The summed E-state index contributed by atoms with van der Waals surface area (Å²) >= 11 is 0. The van der Waals surface area contributed by atoms with Crippen molar-refractivity contribution in [3.05, 3.63) is 30.0 Å². The maximum Gasteiger partial charge on any atom is 0.356 e. The van der Waals surface area contributed by atoms with Gasteiger partial charge < -0.3 is 14.6 Å². The van der Waals surface area contributed by atoms with Crippen LogP contribution in [0.4, 0.5) is 0 Å². The second-order valence-electron chi connectivity index (χ2n) is 5.73. The lowest BCUT2D eigenvalue weighted by Crippen LogP contribution is -2.11.